The van der Waals surface area contributed by atoms with Crippen LogP contribution in [0.15, 0.2) is 18.2 Å². The van der Waals surface area contributed by atoms with Gasteiger partial charge in [0.1, 0.15) is 0 Å². The standard InChI is InChI=1S/C16H17Cl2F2N7O/c17-8-4-3-7(6-9(8)18)23-14-11(13(22)28)26-27-15(25-14)24-10-2-1-5-16(19,20)12(10)21/h3-4,6,10,12H,1-2,5,21H2,(H2,22,28)(H2,23,24,25,27)/t10-,12-/m1/s1. The third-order valence-electron chi connectivity index (χ3n) is 4.36. The largest absolute Gasteiger partial charge is 0.364 e. The maximum atomic E-state index is 13.8. The number of halogens is 4. The van der Waals surface area contributed by atoms with Gasteiger partial charge in [0.15, 0.2) is 11.5 Å². The zero-order valence-electron chi connectivity index (χ0n) is 14.4. The minimum absolute atomic E-state index is 0.0143. The van der Waals surface area contributed by atoms with Crippen LogP contribution in [-0.2, 0) is 0 Å². The fourth-order valence-corrected chi connectivity index (χ4v) is 3.17. The summed E-state index contributed by atoms with van der Waals surface area (Å²) in [7, 11) is 0. The van der Waals surface area contributed by atoms with E-state index in [1.165, 1.54) is 6.07 Å². The highest BCUT2D eigenvalue weighted by Crippen LogP contribution is 2.33. The molecule has 6 N–H and O–H groups in total. The van der Waals surface area contributed by atoms with Gasteiger partial charge < -0.3 is 22.1 Å². The van der Waals surface area contributed by atoms with Gasteiger partial charge in [0, 0.05) is 12.1 Å². The summed E-state index contributed by atoms with van der Waals surface area (Å²) >= 11 is 11.9. The van der Waals surface area contributed by atoms with Crippen molar-refractivity contribution in [2.24, 2.45) is 11.5 Å². The first-order valence-corrected chi connectivity index (χ1v) is 9.09. The summed E-state index contributed by atoms with van der Waals surface area (Å²) in [5.74, 6) is -3.93. The van der Waals surface area contributed by atoms with Crippen LogP contribution in [0.1, 0.15) is 29.8 Å². The van der Waals surface area contributed by atoms with Gasteiger partial charge in [0.25, 0.3) is 11.8 Å². The van der Waals surface area contributed by atoms with E-state index in [9.17, 15) is 13.6 Å². The number of benzene rings is 1. The molecule has 12 heteroatoms. The molecule has 1 aromatic heterocycles. The topological polar surface area (TPSA) is 132 Å². The molecule has 1 aliphatic rings. The lowest BCUT2D eigenvalue weighted by atomic mass is 9.87. The quantitative estimate of drug-likeness (QED) is 0.571. The van der Waals surface area contributed by atoms with Crippen LogP contribution in [0.4, 0.5) is 26.2 Å². The van der Waals surface area contributed by atoms with Crippen molar-refractivity contribution in [3.63, 3.8) is 0 Å². The van der Waals surface area contributed by atoms with Crippen molar-refractivity contribution in [2.45, 2.75) is 37.3 Å². The van der Waals surface area contributed by atoms with Crippen molar-refractivity contribution in [2.75, 3.05) is 10.6 Å². The second-order valence-electron chi connectivity index (χ2n) is 6.38. The zero-order valence-corrected chi connectivity index (χ0v) is 15.9. The third-order valence-corrected chi connectivity index (χ3v) is 5.10. The number of aromatic nitrogens is 3. The van der Waals surface area contributed by atoms with E-state index < -0.39 is 23.9 Å². The van der Waals surface area contributed by atoms with Crippen LogP contribution in [-0.4, -0.2) is 39.1 Å². The van der Waals surface area contributed by atoms with Crippen molar-refractivity contribution in [1.29, 1.82) is 0 Å². The van der Waals surface area contributed by atoms with E-state index in [-0.39, 0.29) is 28.9 Å². The van der Waals surface area contributed by atoms with E-state index in [0.717, 1.165) is 0 Å². The lowest BCUT2D eigenvalue weighted by Gasteiger charge is -2.35. The Bertz CT molecular complexity index is 899. The molecule has 1 amide bonds. The van der Waals surface area contributed by atoms with Crippen molar-refractivity contribution in [3.8, 4) is 0 Å². The van der Waals surface area contributed by atoms with Crippen LogP contribution < -0.4 is 22.1 Å². The molecule has 0 radical (unpaired) electrons. The van der Waals surface area contributed by atoms with Gasteiger partial charge in [-0.2, -0.15) is 4.98 Å². The zero-order chi connectivity index (χ0) is 20.5. The van der Waals surface area contributed by atoms with Crippen molar-refractivity contribution >= 4 is 46.6 Å². The van der Waals surface area contributed by atoms with E-state index in [4.69, 9.17) is 34.7 Å². The van der Waals surface area contributed by atoms with Gasteiger partial charge >= 0.3 is 0 Å². The van der Waals surface area contributed by atoms with Crippen LogP contribution in [0.3, 0.4) is 0 Å². The van der Waals surface area contributed by atoms with Crippen molar-refractivity contribution in [3.05, 3.63) is 33.9 Å². The fourth-order valence-electron chi connectivity index (χ4n) is 2.88. The normalized spacial score (nSPS) is 21.2. The second kappa shape index (κ2) is 7.98. The Hall–Kier alpha value is -2.30. The first-order chi connectivity index (χ1) is 13.2. The van der Waals surface area contributed by atoms with Crippen LogP contribution in [0.2, 0.25) is 10.0 Å². The van der Waals surface area contributed by atoms with Gasteiger partial charge in [-0.25, -0.2) is 8.78 Å². The van der Waals surface area contributed by atoms with Gasteiger partial charge in [-0.15, -0.1) is 10.2 Å². The highest BCUT2D eigenvalue weighted by molar-refractivity contribution is 6.42. The molecule has 8 nitrogen and oxygen atoms in total. The molecule has 0 saturated heterocycles. The van der Waals surface area contributed by atoms with Crippen LogP contribution >= 0.6 is 23.2 Å². The number of hydrogen-bond acceptors (Lipinski definition) is 7. The van der Waals surface area contributed by atoms with Gasteiger partial charge in [0.2, 0.25) is 5.95 Å². The van der Waals surface area contributed by atoms with Crippen LogP contribution in [0, 0.1) is 0 Å². The number of alkyl halides is 2. The SMILES string of the molecule is NC(=O)c1nnc(N[C@@H]2CCCC(F)(F)[C@@H]2N)nc1Nc1ccc(Cl)c(Cl)c1. The molecule has 2 aromatic rings. The predicted molar refractivity (Wildman–Crippen MR) is 102 cm³/mol. The molecule has 1 fully saturated rings. The lowest BCUT2D eigenvalue weighted by molar-refractivity contribution is -0.0555. The summed E-state index contributed by atoms with van der Waals surface area (Å²) in [6.07, 6.45) is 0.461. The number of nitrogens with one attached hydrogen (secondary N) is 2. The number of primary amides is 1. The Labute approximate surface area is 169 Å². The maximum Gasteiger partial charge on any atom is 0.273 e. The molecule has 150 valence electrons. The molecule has 1 heterocycles. The average molecular weight is 432 g/mol. The first kappa shape index (κ1) is 20.4. The Morgan fingerprint density at radius 2 is 2.00 bits per heavy atom. The predicted octanol–water partition coefficient (Wildman–Crippen LogP) is 2.95. The molecule has 1 saturated carbocycles. The number of carbonyl (C=O) groups is 1. The summed E-state index contributed by atoms with van der Waals surface area (Å²) in [5.41, 5.74) is 11.2. The number of nitrogens with zero attached hydrogens (tertiary/aromatic N) is 3. The molecule has 0 aliphatic heterocycles. The maximum absolute atomic E-state index is 13.8. The molecule has 2 atom stereocenters. The molecule has 0 unspecified atom stereocenters. The third kappa shape index (κ3) is 4.40. The van der Waals surface area contributed by atoms with E-state index >= 15 is 0 Å². The number of nitrogens with two attached hydrogens (primary N) is 2. The monoisotopic (exact) mass is 431 g/mol. The number of anilines is 3. The van der Waals surface area contributed by atoms with Gasteiger partial charge in [-0.3, -0.25) is 4.79 Å². The van der Waals surface area contributed by atoms with E-state index in [1.807, 2.05) is 0 Å². The molecular weight excluding hydrogens is 415 g/mol. The average Bonchev–Trinajstić information content (AvgIpc) is 2.62. The van der Waals surface area contributed by atoms with E-state index in [1.54, 1.807) is 12.1 Å². The number of amides is 1. The minimum Gasteiger partial charge on any atom is -0.364 e. The van der Waals surface area contributed by atoms with E-state index in [2.05, 4.69) is 25.8 Å². The smallest absolute Gasteiger partial charge is 0.273 e. The van der Waals surface area contributed by atoms with Crippen LogP contribution in [0.25, 0.3) is 0 Å². The van der Waals surface area contributed by atoms with Gasteiger partial charge in [-0.1, -0.05) is 23.2 Å². The summed E-state index contributed by atoms with van der Waals surface area (Å²) in [5, 5.41) is 13.7. The summed E-state index contributed by atoms with van der Waals surface area (Å²) in [4.78, 5) is 15.8. The van der Waals surface area contributed by atoms with Gasteiger partial charge in [0.05, 0.1) is 22.1 Å². The molecule has 3 rings (SSSR count). The highest BCUT2D eigenvalue weighted by Gasteiger charge is 2.45. The molecule has 28 heavy (non-hydrogen) atoms. The first-order valence-electron chi connectivity index (χ1n) is 8.34. The Kier molecular flexibility index (Phi) is 5.82. The Morgan fingerprint density at radius 1 is 1.25 bits per heavy atom. The number of rotatable bonds is 5. The fraction of sp³-hybridized carbons (Fsp3) is 0.375. The lowest BCUT2D eigenvalue weighted by Crippen LogP contribution is -2.55. The molecule has 1 aromatic carbocycles. The Morgan fingerprint density at radius 3 is 2.68 bits per heavy atom. The van der Waals surface area contributed by atoms with E-state index in [0.29, 0.717) is 23.6 Å². The minimum atomic E-state index is -2.99. The molecular formula is C16H17Cl2F2N7O. The van der Waals surface area contributed by atoms with Crippen molar-refractivity contribution in [1.82, 2.24) is 15.2 Å². The molecule has 0 spiro atoms. The van der Waals surface area contributed by atoms with Crippen LogP contribution in [0.5, 0.6) is 0 Å². The van der Waals surface area contributed by atoms with Crippen molar-refractivity contribution < 1.29 is 13.6 Å². The summed E-state index contributed by atoms with van der Waals surface area (Å²) < 4.78 is 27.7. The summed E-state index contributed by atoms with van der Waals surface area (Å²) in [6.45, 7) is 0. The molecule has 1 aliphatic carbocycles. The number of carbonyl (C=O) groups excluding carboxylic acids is 1. The Balaban J connectivity index is 1.87. The number of hydrogen-bond donors (Lipinski definition) is 4. The summed E-state index contributed by atoms with van der Waals surface area (Å²) in [6, 6.07) is 2.52. The highest BCUT2D eigenvalue weighted by atomic mass is 35.5. The van der Waals surface area contributed by atoms with Gasteiger partial charge in [-0.05, 0) is 31.0 Å². The molecule has 0 bridgehead atoms. The second-order valence-corrected chi connectivity index (χ2v) is 7.20.